The number of carbonyl (C=O) groups is 1. The molecule has 4 aromatic rings. The maximum Gasteiger partial charge on any atom is 0.255 e. The Morgan fingerprint density at radius 1 is 1.22 bits per heavy atom. The zero-order valence-corrected chi connectivity index (χ0v) is 18.9. The molecule has 3 aromatic heterocycles. The number of hydrogen-bond donors (Lipinski definition) is 2. The molecule has 1 amide bonds. The minimum absolute atomic E-state index is 0.216. The van der Waals surface area contributed by atoms with Gasteiger partial charge in [-0.2, -0.15) is 4.98 Å². The van der Waals surface area contributed by atoms with Crippen molar-refractivity contribution in [3.05, 3.63) is 87.0 Å². The zero-order valence-electron chi connectivity index (χ0n) is 17.3. The van der Waals surface area contributed by atoms with E-state index in [9.17, 15) is 4.79 Å². The number of halogens is 1. The first-order valence-corrected chi connectivity index (χ1v) is 11.2. The average Bonchev–Trinajstić information content (AvgIpc) is 3.39. The summed E-state index contributed by atoms with van der Waals surface area (Å²) in [6.07, 6.45) is 3.28. The van der Waals surface area contributed by atoms with Gasteiger partial charge in [-0.25, -0.2) is 4.68 Å². The van der Waals surface area contributed by atoms with Gasteiger partial charge in [0.15, 0.2) is 5.82 Å². The third kappa shape index (κ3) is 3.68. The lowest BCUT2D eigenvalue weighted by atomic mass is 9.99. The summed E-state index contributed by atoms with van der Waals surface area (Å²) in [6.45, 7) is 3.92. The van der Waals surface area contributed by atoms with Crippen LogP contribution in [0.5, 0.6) is 0 Å². The first-order chi connectivity index (χ1) is 15.5. The van der Waals surface area contributed by atoms with E-state index in [4.69, 9.17) is 21.7 Å². The van der Waals surface area contributed by atoms with Crippen LogP contribution < -0.4 is 10.6 Å². The standard InChI is InChI=1S/C23H19ClN6OS/c1-13-8-10-32-20(13)19-18(22(31)27-17-7-4-9-25-12-17)14(2)26-23-28-21(29-30(19)23)15-5-3-6-16(24)11-15/h3-12,19H,1-2H3,(H,27,31)(H,26,28,29). The number of aryl methyl sites for hydroxylation is 1. The van der Waals surface area contributed by atoms with E-state index >= 15 is 0 Å². The van der Waals surface area contributed by atoms with Crippen molar-refractivity contribution in [2.45, 2.75) is 19.9 Å². The molecule has 0 bridgehead atoms. The van der Waals surface area contributed by atoms with Crippen molar-refractivity contribution in [1.82, 2.24) is 19.7 Å². The van der Waals surface area contributed by atoms with E-state index in [1.807, 2.05) is 49.6 Å². The number of pyridine rings is 1. The fourth-order valence-corrected chi connectivity index (χ4v) is 4.95. The number of fused-ring (bicyclic) bond motifs is 1. The predicted octanol–water partition coefficient (Wildman–Crippen LogP) is 5.29. The largest absolute Gasteiger partial charge is 0.328 e. The van der Waals surface area contributed by atoms with Gasteiger partial charge in [0, 0.05) is 27.4 Å². The molecule has 1 atom stereocenters. The quantitative estimate of drug-likeness (QED) is 0.430. The molecule has 0 saturated heterocycles. The Labute approximate surface area is 193 Å². The van der Waals surface area contributed by atoms with Gasteiger partial charge in [0.1, 0.15) is 6.04 Å². The Hall–Kier alpha value is -3.49. The number of rotatable bonds is 4. The molecule has 1 aliphatic rings. The van der Waals surface area contributed by atoms with Gasteiger partial charge in [0.05, 0.1) is 17.5 Å². The van der Waals surface area contributed by atoms with Crippen molar-refractivity contribution < 1.29 is 4.79 Å². The van der Waals surface area contributed by atoms with Gasteiger partial charge in [0.25, 0.3) is 5.91 Å². The van der Waals surface area contributed by atoms with Crippen LogP contribution in [-0.2, 0) is 4.79 Å². The second kappa shape index (κ2) is 8.22. The second-order valence-electron chi connectivity index (χ2n) is 7.44. The lowest BCUT2D eigenvalue weighted by molar-refractivity contribution is -0.113. The SMILES string of the molecule is CC1=C(C(=O)Nc2cccnc2)C(c2sccc2C)n2nc(-c3cccc(Cl)c3)nc2N1. The predicted molar refractivity (Wildman–Crippen MR) is 127 cm³/mol. The fourth-order valence-electron chi connectivity index (χ4n) is 3.74. The smallest absolute Gasteiger partial charge is 0.255 e. The van der Waals surface area contributed by atoms with Crippen molar-refractivity contribution in [3.63, 3.8) is 0 Å². The topological polar surface area (TPSA) is 84.7 Å². The van der Waals surface area contributed by atoms with Crippen LogP contribution in [0.4, 0.5) is 11.6 Å². The highest BCUT2D eigenvalue weighted by Crippen LogP contribution is 2.40. The minimum Gasteiger partial charge on any atom is -0.328 e. The average molecular weight is 463 g/mol. The van der Waals surface area contributed by atoms with E-state index in [-0.39, 0.29) is 5.91 Å². The summed E-state index contributed by atoms with van der Waals surface area (Å²) >= 11 is 7.77. The Morgan fingerprint density at radius 3 is 2.81 bits per heavy atom. The van der Waals surface area contributed by atoms with Crippen molar-refractivity contribution in [3.8, 4) is 11.4 Å². The molecule has 0 aliphatic carbocycles. The highest BCUT2D eigenvalue weighted by molar-refractivity contribution is 7.10. The molecule has 0 fully saturated rings. The minimum atomic E-state index is -0.414. The van der Waals surface area contributed by atoms with Crippen molar-refractivity contribution >= 4 is 40.5 Å². The van der Waals surface area contributed by atoms with Gasteiger partial charge < -0.3 is 10.6 Å². The van der Waals surface area contributed by atoms with Gasteiger partial charge in [-0.1, -0.05) is 23.7 Å². The summed E-state index contributed by atoms with van der Waals surface area (Å²) in [7, 11) is 0. The summed E-state index contributed by atoms with van der Waals surface area (Å²) in [6, 6.07) is 12.6. The van der Waals surface area contributed by atoms with E-state index < -0.39 is 6.04 Å². The highest BCUT2D eigenvalue weighted by atomic mass is 35.5. The van der Waals surface area contributed by atoms with Crippen molar-refractivity contribution in [2.75, 3.05) is 10.6 Å². The molecule has 1 aromatic carbocycles. The molecule has 1 unspecified atom stereocenters. The molecular formula is C23H19ClN6OS. The third-order valence-electron chi connectivity index (χ3n) is 5.25. The molecule has 0 radical (unpaired) electrons. The molecule has 0 spiro atoms. The van der Waals surface area contributed by atoms with Crippen LogP contribution in [-0.4, -0.2) is 25.7 Å². The lowest BCUT2D eigenvalue weighted by Gasteiger charge is -2.28. The van der Waals surface area contributed by atoms with Crippen LogP contribution in [0, 0.1) is 6.92 Å². The fraction of sp³-hybridized carbons (Fsp3) is 0.130. The number of benzene rings is 1. The molecule has 32 heavy (non-hydrogen) atoms. The normalized spacial score (nSPS) is 15.3. The maximum absolute atomic E-state index is 13.4. The Bertz CT molecular complexity index is 1340. The van der Waals surface area contributed by atoms with Gasteiger partial charge in [-0.3, -0.25) is 9.78 Å². The van der Waals surface area contributed by atoms with E-state index in [0.29, 0.717) is 28.1 Å². The second-order valence-corrected chi connectivity index (χ2v) is 8.83. The molecule has 1 aliphatic heterocycles. The van der Waals surface area contributed by atoms with E-state index in [2.05, 4.69) is 15.6 Å². The number of anilines is 2. The van der Waals surface area contributed by atoms with Gasteiger partial charge >= 0.3 is 0 Å². The van der Waals surface area contributed by atoms with Crippen molar-refractivity contribution in [2.24, 2.45) is 0 Å². The van der Waals surface area contributed by atoms with Crippen LogP contribution in [0.1, 0.15) is 23.4 Å². The van der Waals surface area contributed by atoms with Crippen molar-refractivity contribution in [1.29, 1.82) is 0 Å². The Morgan fingerprint density at radius 2 is 2.09 bits per heavy atom. The Kier molecular flexibility index (Phi) is 5.24. The number of nitrogens with one attached hydrogen (secondary N) is 2. The molecule has 160 valence electrons. The Balaban J connectivity index is 1.61. The van der Waals surface area contributed by atoms with Crippen LogP contribution >= 0.6 is 22.9 Å². The molecule has 2 N–H and O–H groups in total. The molecule has 5 rings (SSSR count). The summed E-state index contributed by atoms with van der Waals surface area (Å²) in [4.78, 5) is 23.2. The summed E-state index contributed by atoms with van der Waals surface area (Å²) in [5.41, 5.74) is 3.83. The first-order valence-electron chi connectivity index (χ1n) is 9.97. The third-order valence-corrected chi connectivity index (χ3v) is 6.56. The number of allylic oxidation sites excluding steroid dienone is 1. The van der Waals surface area contributed by atoms with Crippen LogP contribution in [0.2, 0.25) is 5.02 Å². The first kappa shape index (κ1) is 20.4. The molecule has 0 saturated carbocycles. The van der Waals surface area contributed by atoms with Crippen LogP contribution in [0.15, 0.2) is 71.5 Å². The number of amides is 1. The zero-order chi connectivity index (χ0) is 22.2. The van der Waals surface area contributed by atoms with Gasteiger partial charge in [-0.15, -0.1) is 16.4 Å². The molecule has 9 heteroatoms. The van der Waals surface area contributed by atoms with E-state index in [1.54, 1.807) is 40.5 Å². The number of nitrogens with zero attached hydrogens (tertiary/aromatic N) is 4. The maximum atomic E-state index is 13.4. The number of aromatic nitrogens is 4. The molecule has 7 nitrogen and oxygen atoms in total. The summed E-state index contributed by atoms with van der Waals surface area (Å²) in [5, 5.41) is 13.6. The van der Waals surface area contributed by atoms with Gasteiger partial charge in [-0.05, 0) is 55.1 Å². The van der Waals surface area contributed by atoms with Crippen LogP contribution in [0.3, 0.4) is 0 Å². The van der Waals surface area contributed by atoms with E-state index in [1.165, 1.54) is 0 Å². The van der Waals surface area contributed by atoms with Gasteiger partial charge in [0.2, 0.25) is 5.95 Å². The number of hydrogen-bond acceptors (Lipinski definition) is 6. The van der Waals surface area contributed by atoms with Crippen LogP contribution in [0.25, 0.3) is 11.4 Å². The monoisotopic (exact) mass is 462 g/mol. The summed E-state index contributed by atoms with van der Waals surface area (Å²) < 4.78 is 1.78. The molecular weight excluding hydrogens is 444 g/mol. The molecule has 4 heterocycles. The highest BCUT2D eigenvalue weighted by Gasteiger charge is 2.36. The van der Waals surface area contributed by atoms with E-state index in [0.717, 1.165) is 21.7 Å². The number of thiophene rings is 1. The lowest BCUT2D eigenvalue weighted by Crippen LogP contribution is -2.31. The summed E-state index contributed by atoms with van der Waals surface area (Å²) in [5.74, 6) is 0.899. The number of carbonyl (C=O) groups excluding carboxylic acids is 1.